The lowest BCUT2D eigenvalue weighted by Crippen LogP contribution is -2.46. The number of allylic oxidation sites excluding steroid dienone is 1. The van der Waals surface area contributed by atoms with Crippen LogP contribution < -0.4 is 16.0 Å². The number of carbonyl (C=O) groups excluding carboxylic acids is 2. The molecule has 8 heteroatoms. The van der Waals surface area contributed by atoms with E-state index in [0.29, 0.717) is 23.0 Å². The quantitative estimate of drug-likeness (QED) is 0.412. The van der Waals surface area contributed by atoms with Crippen molar-refractivity contribution in [3.63, 3.8) is 0 Å². The first-order valence-electron chi connectivity index (χ1n) is 10.8. The summed E-state index contributed by atoms with van der Waals surface area (Å²) in [7, 11) is 1.82. The number of anilines is 2. The maximum Gasteiger partial charge on any atom is 0.338 e. The van der Waals surface area contributed by atoms with Crippen LogP contribution >= 0.6 is 12.2 Å². The van der Waals surface area contributed by atoms with Gasteiger partial charge in [0.1, 0.15) is 0 Å². The number of amides is 2. The van der Waals surface area contributed by atoms with Gasteiger partial charge in [-0.25, -0.2) is 9.59 Å². The van der Waals surface area contributed by atoms with Crippen molar-refractivity contribution < 1.29 is 14.3 Å². The Labute approximate surface area is 200 Å². The molecular formula is C25H30N4O3S. The average molecular weight is 467 g/mol. The van der Waals surface area contributed by atoms with E-state index in [9.17, 15) is 9.59 Å². The molecule has 1 atom stereocenters. The van der Waals surface area contributed by atoms with E-state index in [1.165, 1.54) is 0 Å². The van der Waals surface area contributed by atoms with Crippen LogP contribution in [0.1, 0.15) is 37.9 Å². The maximum atomic E-state index is 12.9. The maximum absolute atomic E-state index is 12.9. The number of para-hydroxylation sites is 1. The molecule has 0 radical (unpaired) electrons. The number of aryl methyl sites for hydroxylation is 1. The molecule has 0 spiro atoms. The molecule has 2 aromatic rings. The Kier molecular flexibility index (Phi) is 7.71. The molecular weight excluding hydrogens is 436 g/mol. The summed E-state index contributed by atoms with van der Waals surface area (Å²) in [6, 6.07) is 14.1. The number of esters is 1. The van der Waals surface area contributed by atoms with Gasteiger partial charge in [0.2, 0.25) is 0 Å². The van der Waals surface area contributed by atoms with Crippen LogP contribution in [-0.4, -0.2) is 35.7 Å². The number of carbonyl (C=O) groups is 2. The Balaban J connectivity index is 1.77. The lowest BCUT2D eigenvalue weighted by atomic mass is 9.95. The molecule has 0 saturated carbocycles. The third-order valence-corrected chi connectivity index (χ3v) is 5.81. The Morgan fingerprint density at radius 1 is 1.09 bits per heavy atom. The fourth-order valence-electron chi connectivity index (χ4n) is 3.43. The summed E-state index contributed by atoms with van der Waals surface area (Å²) in [5, 5.41) is 9.43. The highest BCUT2D eigenvalue weighted by molar-refractivity contribution is 7.80. The SMILES string of the molecule is CC1=C(C(=O)OCC(C)C)C(c2ccc(NC(=O)Nc3ccccc3C)cc2)NC(=S)N1C. The van der Waals surface area contributed by atoms with E-state index < -0.39 is 6.04 Å². The second-order valence-electron chi connectivity index (χ2n) is 8.45. The molecule has 0 bridgehead atoms. The molecule has 33 heavy (non-hydrogen) atoms. The fourth-order valence-corrected chi connectivity index (χ4v) is 3.68. The number of nitrogens with one attached hydrogen (secondary N) is 3. The molecule has 1 aliphatic rings. The molecule has 174 valence electrons. The molecule has 1 aliphatic heterocycles. The number of nitrogens with zero attached hydrogens (tertiary/aromatic N) is 1. The van der Waals surface area contributed by atoms with E-state index in [1.807, 2.05) is 71.1 Å². The standard InChI is InChI=1S/C25H30N4O3S/c1-15(2)14-32-23(30)21-17(4)29(5)25(33)28-22(21)18-10-12-19(13-11-18)26-24(31)27-20-9-7-6-8-16(20)3/h6-13,15,22H,14H2,1-5H3,(H,28,33)(H2,26,27,31). The Hall–Kier alpha value is -3.39. The van der Waals surface area contributed by atoms with Crippen LogP contribution in [0.4, 0.5) is 16.2 Å². The van der Waals surface area contributed by atoms with Gasteiger partial charge in [-0.1, -0.05) is 44.2 Å². The van der Waals surface area contributed by atoms with Crippen molar-refractivity contribution in [2.24, 2.45) is 5.92 Å². The summed E-state index contributed by atoms with van der Waals surface area (Å²) in [6.45, 7) is 8.12. The topological polar surface area (TPSA) is 82.7 Å². The van der Waals surface area contributed by atoms with Crippen molar-refractivity contribution >= 4 is 40.7 Å². The molecule has 1 heterocycles. The fraction of sp³-hybridized carbons (Fsp3) is 0.320. The highest BCUT2D eigenvalue weighted by Crippen LogP contribution is 2.31. The normalized spacial score (nSPS) is 15.9. The van der Waals surface area contributed by atoms with E-state index >= 15 is 0 Å². The molecule has 1 unspecified atom stereocenters. The van der Waals surface area contributed by atoms with Crippen LogP contribution in [0, 0.1) is 12.8 Å². The molecule has 3 rings (SSSR count). The monoisotopic (exact) mass is 466 g/mol. The molecule has 0 aromatic heterocycles. The highest BCUT2D eigenvalue weighted by Gasteiger charge is 2.33. The van der Waals surface area contributed by atoms with E-state index in [1.54, 1.807) is 17.0 Å². The van der Waals surface area contributed by atoms with Gasteiger partial charge in [0.05, 0.1) is 18.2 Å². The van der Waals surface area contributed by atoms with Gasteiger partial charge in [0, 0.05) is 24.1 Å². The van der Waals surface area contributed by atoms with Crippen LogP contribution in [0.15, 0.2) is 59.8 Å². The Morgan fingerprint density at radius 3 is 2.39 bits per heavy atom. The molecule has 0 fully saturated rings. The smallest absolute Gasteiger partial charge is 0.338 e. The number of rotatable bonds is 6. The highest BCUT2D eigenvalue weighted by atomic mass is 32.1. The van der Waals surface area contributed by atoms with Crippen LogP contribution in [0.25, 0.3) is 0 Å². The number of thiocarbonyl (C=S) groups is 1. The van der Waals surface area contributed by atoms with E-state index in [4.69, 9.17) is 17.0 Å². The van der Waals surface area contributed by atoms with Crippen molar-refractivity contribution in [1.29, 1.82) is 0 Å². The minimum atomic E-state index is -0.441. The number of benzene rings is 2. The second kappa shape index (κ2) is 10.5. The van der Waals surface area contributed by atoms with E-state index in [0.717, 1.165) is 22.5 Å². The number of hydrogen-bond acceptors (Lipinski definition) is 4. The minimum Gasteiger partial charge on any atom is -0.462 e. The summed E-state index contributed by atoms with van der Waals surface area (Å²) >= 11 is 5.45. The minimum absolute atomic E-state index is 0.236. The average Bonchev–Trinajstić information content (AvgIpc) is 2.77. The zero-order chi connectivity index (χ0) is 24.1. The number of urea groups is 1. The van der Waals surface area contributed by atoms with Crippen molar-refractivity contribution in [3.8, 4) is 0 Å². The summed E-state index contributed by atoms with van der Waals surface area (Å²) in [6.07, 6.45) is 0. The lowest BCUT2D eigenvalue weighted by Gasteiger charge is -2.35. The van der Waals surface area contributed by atoms with Gasteiger partial charge >= 0.3 is 12.0 Å². The molecule has 2 aromatic carbocycles. The van der Waals surface area contributed by atoms with Gasteiger partial charge in [0.25, 0.3) is 0 Å². The Morgan fingerprint density at radius 2 is 1.76 bits per heavy atom. The van der Waals surface area contributed by atoms with E-state index in [2.05, 4.69) is 16.0 Å². The molecule has 0 aliphatic carbocycles. The first-order valence-corrected chi connectivity index (χ1v) is 11.2. The number of hydrogen-bond donors (Lipinski definition) is 3. The van der Waals surface area contributed by atoms with Crippen molar-refractivity contribution in [1.82, 2.24) is 10.2 Å². The van der Waals surface area contributed by atoms with Gasteiger partial charge in [-0.15, -0.1) is 0 Å². The summed E-state index contributed by atoms with van der Waals surface area (Å²) < 4.78 is 5.52. The lowest BCUT2D eigenvalue weighted by molar-refractivity contribution is -0.140. The van der Waals surface area contributed by atoms with Gasteiger partial charge < -0.3 is 25.6 Å². The zero-order valence-corrected chi connectivity index (χ0v) is 20.4. The summed E-state index contributed by atoms with van der Waals surface area (Å²) in [4.78, 5) is 27.1. The van der Waals surface area contributed by atoms with Crippen LogP contribution in [0.5, 0.6) is 0 Å². The first-order chi connectivity index (χ1) is 15.7. The van der Waals surface area contributed by atoms with Gasteiger partial charge in [-0.3, -0.25) is 0 Å². The van der Waals surface area contributed by atoms with E-state index in [-0.39, 0.29) is 17.9 Å². The predicted octanol–water partition coefficient (Wildman–Crippen LogP) is 4.97. The molecule has 2 amide bonds. The van der Waals surface area contributed by atoms with Crippen molar-refractivity contribution in [3.05, 3.63) is 70.9 Å². The third-order valence-electron chi connectivity index (χ3n) is 5.42. The van der Waals surface area contributed by atoms with Crippen LogP contribution in [-0.2, 0) is 9.53 Å². The number of ether oxygens (including phenoxy) is 1. The largest absolute Gasteiger partial charge is 0.462 e. The van der Waals surface area contributed by atoms with Gasteiger partial charge in [-0.2, -0.15) is 0 Å². The first kappa shape index (κ1) is 24.3. The van der Waals surface area contributed by atoms with Crippen LogP contribution in [0.3, 0.4) is 0 Å². The van der Waals surface area contributed by atoms with Crippen molar-refractivity contribution in [2.45, 2.75) is 33.7 Å². The second-order valence-corrected chi connectivity index (χ2v) is 8.84. The predicted molar refractivity (Wildman–Crippen MR) is 135 cm³/mol. The van der Waals surface area contributed by atoms with Gasteiger partial charge in [0.15, 0.2) is 5.11 Å². The van der Waals surface area contributed by atoms with Gasteiger partial charge in [-0.05, 0) is 61.3 Å². The Bertz CT molecular complexity index is 1080. The molecule has 3 N–H and O–H groups in total. The summed E-state index contributed by atoms with van der Waals surface area (Å²) in [5.41, 5.74) is 4.46. The molecule has 7 nitrogen and oxygen atoms in total. The zero-order valence-electron chi connectivity index (χ0n) is 19.6. The van der Waals surface area contributed by atoms with Crippen LogP contribution in [0.2, 0.25) is 0 Å². The third kappa shape index (κ3) is 5.90. The molecule has 0 saturated heterocycles. The summed E-state index contributed by atoms with van der Waals surface area (Å²) in [5.74, 6) is -0.132. The van der Waals surface area contributed by atoms with Crippen molar-refractivity contribution in [2.75, 3.05) is 24.3 Å².